The number of nitrogens with zero attached hydrogens (tertiary/aromatic N) is 2. The summed E-state index contributed by atoms with van der Waals surface area (Å²) in [5, 5.41) is 3.30. The Labute approximate surface area is 143 Å². The van der Waals surface area contributed by atoms with Crippen molar-refractivity contribution < 1.29 is 4.79 Å². The van der Waals surface area contributed by atoms with Crippen LogP contribution in [0.3, 0.4) is 0 Å². The standard InChI is InChI=1S/C20H27N3O/c1-4-17-18(23-9-5-6-12(2)19(23)22-17)20(24)21-13(3)16-11-14-7-8-15(16)10-14/h5-6,9,13-16H,4,7-8,10-11H2,1-3H3,(H,21,24). The van der Waals surface area contributed by atoms with Crippen molar-refractivity contribution in [3.8, 4) is 0 Å². The molecule has 2 saturated carbocycles. The first kappa shape index (κ1) is 15.7. The lowest BCUT2D eigenvalue weighted by Gasteiger charge is -2.28. The van der Waals surface area contributed by atoms with Gasteiger partial charge in [0.2, 0.25) is 0 Å². The number of carbonyl (C=O) groups is 1. The molecule has 0 saturated heterocycles. The van der Waals surface area contributed by atoms with Crippen LogP contribution in [0.25, 0.3) is 5.65 Å². The molecular weight excluding hydrogens is 298 g/mol. The minimum Gasteiger partial charge on any atom is -0.348 e. The van der Waals surface area contributed by atoms with Gasteiger partial charge in [-0.25, -0.2) is 4.98 Å². The minimum atomic E-state index is 0.0280. The highest BCUT2D eigenvalue weighted by Gasteiger charge is 2.42. The Hall–Kier alpha value is -1.84. The molecule has 128 valence electrons. The van der Waals surface area contributed by atoms with Crippen molar-refractivity contribution in [2.75, 3.05) is 0 Å². The van der Waals surface area contributed by atoms with Gasteiger partial charge in [0.1, 0.15) is 11.3 Å². The second kappa shape index (κ2) is 5.91. The van der Waals surface area contributed by atoms with Crippen molar-refractivity contribution in [3.63, 3.8) is 0 Å². The molecule has 4 heteroatoms. The molecule has 0 radical (unpaired) electrons. The number of hydrogen-bond acceptors (Lipinski definition) is 2. The summed E-state index contributed by atoms with van der Waals surface area (Å²) in [6.07, 6.45) is 8.13. The summed E-state index contributed by atoms with van der Waals surface area (Å²) >= 11 is 0. The van der Waals surface area contributed by atoms with Gasteiger partial charge >= 0.3 is 0 Å². The lowest BCUT2D eigenvalue weighted by molar-refractivity contribution is 0.0908. The first-order chi connectivity index (χ1) is 11.6. The maximum absolute atomic E-state index is 13.0. The maximum Gasteiger partial charge on any atom is 0.270 e. The number of aryl methyl sites for hydroxylation is 2. The van der Waals surface area contributed by atoms with Crippen molar-refractivity contribution in [2.45, 2.75) is 58.9 Å². The highest BCUT2D eigenvalue weighted by atomic mass is 16.2. The van der Waals surface area contributed by atoms with Gasteiger partial charge in [-0.3, -0.25) is 9.20 Å². The summed E-state index contributed by atoms with van der Waals surface area (Å²) < 4.78 is 1.96. The number of hydrogen-bond donors (Lipinski definition) is 1. The van der Waals surface area contributed by atoms with E-state index in [2.05, 4.69) is 19.2 Å². The van der Waals surface area contributed by atoms with E-state index in [0.29, 0.717) is 11.6 Å². The van der Waals surface area contributed by atoms with E-state index >= 15 is 0 Å². The van der Waals surface area contributed by atoms with E-state index in [9.17, 15) is 4.79 Å². The van der Waals surface area contributed by atoms with E-state index in [-0.39, 0.29) is 11.9 Å². The molecule has 2 heterocycles. The van der Waals surface area contributed by atoms with Crippen LogP contribution in [0.15, 0.2) is 18.3 Å². The first-order valence-corrected chi connectivity index (χ1v) is 9.35. The summed E-state index contributed by atoms with van der Waals surface area (Å²) in [7, 11) is 0. The van der Waals surface area contributed by atoms with Crippen molar-refractivity contribution >= 4 is 11.6 Å². The van der Waals surface area contributed by atoms with Gasteiger partial charge in [-0.15, -0.1) is 0 Å². The number of aromatic nitrogens is 2. The molecular formula is C20H27N3O. The van der Waals surface area contributed by atoms with Gasteiger partial charge in [-0.1, -0.05) is 19.4 Å². The van der Waals surface area contributed by atoms with Gasteiger partial charge in [0.25, 0.3) is 5.91 Å². The molecule has 2 aliphatic rings. The van der Waals surface area contributed by atoms with Crippen LogP contribution in [0.1, 0.15) is 61.3 Å². The van der Waals surface area contributed by atoms with Gasteiger partial charge in [0.05, 0.1) is 5.69 Å². The fraction of sp³-hybridized carbons (Fsp3) is 0.600. The molecule has 4 atom stereocenters. The summed E-state index contributed by atoms with van der Waals surface area (Å²) in [5.74, 6) is 2.41. The van der Waals surface area contributed by atoms with Crippen molar-refractivity contribution in [3.05, 3.63) is 35.3 Å². The first-order valence-electron chi connectivity index (χ1n) is 9.35. The van der Waals surface area contributed by atoms with Crippen molar-refractivity contribution in [1.29, 1.82) is 0 Å². The van der Waals surface area contributed by atoms with Gasteiger partial charge in [-0.2, -0.15) is 0 Å². The van der Waals surface area contributed by atoms with Crippen LogP contribution in [0, 0.1) is 24.7 Å². The number of nitrogens with one attached hydrogen (secondary N) is 1. The van der Waals surface area contributed by atoms with E-state index in [0.717, 1.165) is 35.2 Å². The molecule has 1 N–H and O–H groups in total. The van der Waals surface area contributed by atoms with Crippen LogP contribution < -0.4 is 5.32 Å². The smallest absolute Gasteiger partial charge is 0.270 e. The van der Waals surface area contributed by atoms with Crippen molar-refractivity contribution in [2.24, 2.45) is 17.8 Å². The zero-order valence-electron chi connectivity index (χ0n) is 14.9. The Morgan fingerprint density at radius 2 is 2.25 bits per heavy atom. The number of pyridine rings is 1. The molecule has 2 aromatic rings. The Morgan fingerprint density at radius 3 is 2.92 bits per heavy atom. The highest BCUT2D eigenvalue weighted by Crippen LogP contribution is 2.49. The second-order valence-electron chi connectivity index (χ2n) is 7.75. The number of rotatable bonds is 4. The van der Waals surface area contributed by atoms with E-state index in [1.54, 1.807) is 0 Å². The Bertz CT molecular complexity index is 779. The molecule has 4 nitrogen and oxygen atoms in total. The topological polar surface area (TPSA) is 46.4 Å². The van der Waals surface area contributed by atoms with E-state index in [4.69, 9.17) is 4.98 Å². The van der Waals surface area contributed by atoms with Gasteiger partial charge in [-0.05, 0) is 68.9 Å². The molecule has 2 bridgehead atoms. The number of fused-ring (bicyclic) bond motifs is 3. The summed E-state index contributed by atoms with van der Waals surface area (Å²) in [4.78, 5) is 17.7. The number of carbonyl (C=O) groups excluding carboxylic acids is 1. The minimum absolute atomic E-state index is 0.0280. The summed E-state index contributed by atoms with van der Waals surface area (Å²) in [6, 6.07) is 4.27. The average Bonchev–Trinajstić information content (AvgIpc) is 3.28. The van der Waals surface area contributed by atoms with Crippen LogP contribution in [-0.4, -0.2) is 21.3 Å². The SMILES string of the molecule is CCc1nc2c(C)cccn2c1C(=O)NC(C)C1CC2CCC1C2. The lowest BCUT2D eigenvalue weighted by Crippen LogP contribution is -2.40. The quantitative estimate of drug-likeness (QED) is 0.930. The highest BCUT2D eigenvalue weighted by molar-refractivity contribution is 5.95. The van der Waals surface area contributed by atoms with Crippen LogP contribution in [0.4, 0.5) is 0 Å². The molecule has 0 aromatic carbocycles. The molecule has 2 aromatic heterocycles. The van der Waals surface area contributed by atoms with Crippen LogP contribution >= 0.6 is 0 Å². The van der Waals surface area contributed by atoms with E-state index in [1.807, 2.05) is 29.7 Å². The molecule has 4 rings (SSSR count). The monoisotopic (exact) mass is 325 g/mol. The third kappa shape index (κ3) is 2.43. The average molecular weight is 325 g/mol. The van der Waals surface area contributed by atoms with Crippen LogP contribution in [0.2, 0.25) is 0 Å². The van der Waals surface area contributed by atoms with Crippen LogP contribution in [-0.2, 0) is 6.42 Å². The number of imidazole rings is 1. The van der Waals surface area contributed by atoms with Gasteiger partial charge in [0.15, 0.2) is 0 Å². The van der Waals surface area contributed by atoms with Crippen molar-refractivity contribution in [1.82, 2.24) is 14.7 Å². The largest absolute Gasteiger partial charge is 0.348 e. The lowest BCUT2D eigenvalue weighted by atomic mass is 9.84. The predicted molar refractivity (Wildman–Crippen MR) is 95.2 cm³/mol. The predicted octanol–water partition coefficient (Wildman–Crippen LogP) is 3.76. The molecule has 2 fully saturated rings. The Balaban J connectivity index is 1.60. The zero-order valence-corrected chi connectivity index (χ0v) is 14.9. The number of amides is 1. The summed E-state index contributed by atoms with van der Waals surface area (Å²) in [6.45, 7) is 6.29. The maximum atomic E-state index is 13.0. The molecule has 0 spiro atoms. The molecule has 2 aliphatic carbocycles. The third-order valence-electron chi connectivity index (χ3n) is 6.26. The molecule has 0 aliphatic heterocycles. The fourth-order valence-corrected chi connectivity index (χ4v) is 5.03. The Morgan fingerprint density at radius 1 is 1.42 bits per heavy atom. The Kier molecular flexibility index (Phi) is 3.86. The zero-order chi connectivity index (χ0) is 16.8. The molecule has 4 unspecified atom stereocenters. The third-order valence-corrected chi connectivity index (χ3v) is 6.26. The van der Waals surface area contributed by atoms with Gasteiger partial charge in [0, 0.05) is 12.2 Å². The molecule has 1 amide bonds. The van der Waals surface area contributed by atoms with Crippen LogP contribution in [0.5, 0.6) is 0 Å². The normalized spacial score (nSPS) is 26.9. The molecule has 24 heavy (non-hydrogen) atoms. The van der Waals surface area contributed by atoms with E-state index < -0.39 is 0 Å². The van der Waals surface area contributed by atoms with Gasteiger partial charge < -0.3 is 5.32 Å². The fourth-order valence-electron chi connectivity index (χ4n) is 5.03. The second-order valence-corrected chi connectivity index (χ2v) is 7.75. The summed E-state index contributed by atoms with van der Waals surface area (Å²) in [5.41, 5.74) is 3.60. The van der Waals surface area contributed by atoms with E-state index in [1.165, 1.54) is 25.7 Å².